The van der Waals surface area contributed by atoms with Gasteiger partial charge in [-0.3, -0.25) is 0 Å². The first kappa shape index (κ1) is 18.6. The van der Waals surface area contributed by atoms with E-state index >= 15 is 0 Å². The number of rotatable bonds is 6. The molecule has 3 aromatic rings. The summed E-state index contributed by atoms with van der Waals surface area (Å²) in [5.41, 5.74) is 0.938. The predicted molar refractivity (Wildman–Crippen MR) is 94.5 cm³/mol. The summed E-state index contributed by atoms with van der Waals surface area (Å²) < 4.78 is 33.9. The lowest BCUT2D eigenvalue weighted by Gasteiger charge is -2.06. The number of furan rings is 1. The molecule has 2 aromatic carbocycles. The maximum absolute atomic E-state index is 13.0. The van der Waals surface area contributed by atoms with E-state index in [9.17, 15) is 14.0 Å². The van der Waals surface area contributed by atoms with Gasteiger partial charge in [0.1, 0.15) is 35.1 Å². The Morgan fingerprint density at radius 2 is 1.78 bits per heavy atom. The Bertz CT molecular complexity index is 974. The summed E-state index contributed by atoms with van der Waals surface area (Å²) in [5.74, 6) is -1.01. The van der Waals surface area contributed by atoms with Crippen LogP contribution in [0.4, 0.5) is 4.39 Å². The van der Waals surface area contributed by atoms with Crippen molar-refractivity contribution in [1.29, 1.82) is 0 Å². The summed E-state index contributed by atoms with van der Waals surface area (Å²) in [4.78, 5) is 24.5. The second-order valence-electron chi connectivity index (χ2n) is 5.72. The maximum Gasteiger partial charge on any atom is 0.343 e. The molecule has 0 radical (unpaired) electrons. The summed E-state index contributed by atoms with van der Waals surface area (Å²) in [6.07, 6.45) is 0. The number of benzene rings is 2. The van der Waals surface area contributed by atoms with E-state index in [1.54, 1.807) is 19.1 Å². The molecule has 0 unspecified atom stereocenters. The minimum Gasteiger partial charge on any atom is -0.460 e. The smallest absolute Gasteiger partial charge is 0.343 e. The van der Waals surface area contributed by atoms with Crippen LogP contribution in [-0.4, -0.2) is 32.3 Å². The van der Waals surface area contributed by atoms with Crippen LogP contribution in [0.25, 0.3) is 11.0 Å². The van der Waals surface area contributed by atoms with Crippen molar-refractivity contribution in [3.8, 4) is 5.75 Å². The molecule has 1 aromatic heterocycles. The number of carbonyl (C=O) groups is 2. The Morgan fingerprint density at radius 3 is 2.48 bits per heavy atom. The van der Waals surface area contributed by atoms with Gasteiger partial charge in [0.25, 0.3) is 0 Å². The summed E-state index contributed by atoms with van der Waals surface area (Å²) >= 11 is 0. The van der Waals surface area contributed by atoms with Crippen LogP contribution in [0.3, 0.4) is 0 Å². The van der Waals surface area contributed by atoms with Crippen molar-refractivity contribution in [2.45, 2.75) is 6.92 Å². The number of esters is 2. The highest BCUT2D eigenvalue weighted by molar-refractivity contribution is 6.05. The van der Waals surface area contributed by atoms with E-state index in [2.05, 4.69) is 0 Å². The highest BCUT2D eigenvalue weighted by Gasteiger charge is 2.21. The highest BCUT2D eigenvalue weighted by Crippen LogP contribution is 2.30. The summed E-state index contributed by atoms with van der Waals surface area (Å²) in [6.45, 7) is 2.04. The van der Waals surface area contributed by atoms with Crippen LogP contribution in [-0.2, 0) is 9.47 Å². The molecule has 0 atom stereocenters. The van der Waals surface area contributed by atoms with Crippen LogP contribution in [0.5, 0.6) is 5.75 Å². The van der Waals surface area contributed by atoms with Crippen molar-refractivity contribution in [2.24, 2.45) is 0 Å². The van der Waals surface area contributed by atoms with Crippen molar-refractivity contribution in [1.82, 2.24) is 0 Å². The molecule has 140 valence electrons. The van der Waals surface area contributed by atoms with E-state index in [1.165, 1.54) is 37.4 Å². The van der Waals surface area contributed by atoms with Crippen molar-refractivity contribution < 1.29 is 32.6 Å². The maximum atomic E-state index is 13.0. The van der Waals surface area contributed by atoms with Crippen LogP contribution in [0.15, 0.2) is 46.9 Å². The number of carbonyl (C=O) groups excluding carboxylic acids is 2. The molecule has 0 aliphatic heterocycles. The Morgan fingerprint density at radius 1 is 1.04 bits per heavy atom. The topological polar surface area (TPSA) is 75.0 Å². The van der Waals surface area contributed by atoms with Crippen molar-refractivity contribution >= 4 is 22.9 Å². The van der Waals surface area contributed by atoms with Gasteiger partial charge in [0, 0.05) is 12.5 Å². The van der Waals surface area contributed by atoms with Gasteiger partial charge in [-0.2, -0.15) is 0 Å². The van der Waals surface area contributed by atoms with Gasteiger partial charge in [0.15, 0.2) is 0 Å². The van der Waals surface area contributed by atoms with Gasteiger partial charge >= 0.3 is 11.9 Å². The molecule has 0 N–H and O–H groups in total. The fourth-order valence-electron chi connectivity index (χ4n) is 2.56. The van der Waals surface area contributed by atoms with Crippen LogP contribution < -0.4 is 4.74 Å². The van der Waals surface area contributed by atoms with Crippen LogP contribution in [0.2, 0.25) is 0 Å². The first-order chi connectivity index (χ1) is 13.0. The van der Waals surface area contributed by atoms with E-state index in [-0.39, 0.29) is 30.1 Å². The molecule has 6 nitrogen and oxygen atoms in total. The lowest BCUT2D eigenvalue weighted by atomic mass is 10.1. The molecule has 27 heavy (non-hydrogen) atoms. The second kappa shape index (κ2) is 8.01. The Labute approximate surface area is 154 Å². The van der Waals surface area contributed by atoms with E-state index in [0.29, 0.717) is 16.7 Å². The lowest BCUT2D eigenvalue weighted by molar-refractivity contribution is 0.0388. The van der Waals surface area contributed by atoms with Crippen molar-refractivity contribution in [3.63, 3.8) is 0 Å². The third-order valence-corrected chi connectivity index (χ3v) is 3.85. The Balaban J connectivity index is 1.85. The third-order valence-electron chi connectivity index (χ3n) is 3.85. The Hall–Kier alpha value is -3.19. The fourth-order valence-corrected chi connectivity index (χ4v) is 2.56. The molecule has 0 saturated carbocycles. The molecule has 0 fully saturated rings. The number of hydrogen-bond donors (Lipinski definition) is 0. The zero-order chi connectivity index (χ0) is 19.4. The van der Waals surface area contributed by atoms with E-state index in [1.807, 2.05) is 0 Å². The standard InChI is InChI=1S/C20H17FO6/c1-12-18(20(23)25-10-9-24-2)16-11-15(7-8-17(16)26-12)27-19(22)13-3-5-14(21)6-4-13/h3-8,11H,9-10H2,1-2H3. The van der Waals surface area contributed by atoms with E-state index in [0.717, 1.165) is 0 Å². The van der Waals surface area contributed by atoms with Gasteiger partial charge in [-0.15, -0.1) is 0 Å². The SMILES string of the molecule is COCCOC(=O)c1c(C)oc2ccc(OC(=O)c3ccc(F)cc3)cc12. The average Bonchev–Trinajstić information content (AvgIpc) is 2.97. The molecule has 3 rings (SSSR count). The molecule has 7 heteroatoms. The predicted octanol–water partition coefficient (Wildman–Crippen LogP) is 3.90. The third kappa shape index (κ3) is 4.15. The number of halogens is 1. The molecule has 0 bridgehead atoms. The van der Waals surface area contributed by atoms with Crippen LogP contribution >= 0.6 is 0 Å². The van der Waals surface area contributed by atoms with Gasteiger partial charge < -0.3 is 18.6 Å². The number of fused-ring (bicyclic) bond motifs is 1. The molecule has 0 amide bonds. The molecule has 0 saturated heterocycles. The minimum absolute atomic E-state index is 0.112. The Kier molecular flexibility index (Phi) is 5.52. The summed E-state index contributed by atoms with van der Waals surface area (Å²) in [7, 11) is 1.51. The molecule has 1 heterocycles. The minimum atomic E-state index is -0.640. The average molecular weight is 372 g/mol. The number of aryl methyl sites for hydroxylation is 1. The molecule has 0 aliphatic carbocycles. The first-order valence-electron chi connectivity index (χ1n) is 8.16. The highest BCUT2D eigenvalue weighted by atomic mass is 19.1. The van der Waals surface area contributed by atoms with Gasteiger partial charge in [-0.05, 0) is 49.4 Å². The number of methoxy groups -OCH3 is 1. The molecule has 0 spiro atoms. The number of hydrogen-bond acceptors (Lipinski definition) is 6. The van der Waals surface area contributed by atoms with Crippen LogP contribution in [0.1, 0.15) is 26.5 Å². The van der Waals surface area contributed by atoms with Gasteiger partial charge in [-0.1, -0.05) is 0 Å². The normalized spacial score (nSPS) is 10.8. The molecular weight excluding hydrogens is 355 g/mol. The van der Waals surface area contributed by atoms with E-state index in [4.69, 9.17) is 18.6 Å². The fraction of sp³-hybridized carbons (Fsp3) is 0.200. The van der Waals surface area contributed by atoms with Crippen molar-refractivity contribution in [3.05, 3.63) is 65.2 Å². The van der Waals surface area contributed by atoms with Gasteiger partial charge in [0.05, 0.1) is 12.2 Å². The second-order valence-corrected chi connectivity index (χ2v) is 5.72. The van der Waals surface area contributed by atoms with Crippen molar-refractivity contribution in [2.75, 3.05) is 20.3 Å². The van der Waals surface area contributed by atoms with Gasteiger partial charge in [-0.25, -0.2) is 14.0 Å². The van der Waals surface area contributed by atoms with Crippen LogP contribution in [0, 0.1) is 12.7 Å². The first-order valence-corrected chi connectivity index (χ1v) is 8.16. The molecule has 0 aliphatic rings. The zero-order valence-electron chi connectivity index (χ0n) is 14.8. The zero-order valence-corrected chi connectivity index (χ0v) is 14.8. The van der Waals surface area contributed by atoms with Gasteiger partial charge in [0.2, 0.25) is 0 Å². The number of ether oxygens (including phenoxy) is 3. The monoisotopic (exact) mass is 372 g/mol. The quantitative estimate of drug-likeness (QED) is 0.371. The summed E-state index contributed by atoms with van der Waals surface area (Å²) in [6, 6.07) is 9.68. The summed E-state index contributed by atoms with van der Waals surface area (Å²) in [5, 5.41) is 0.472. The largest absolute Gasteiger partial charge is 0.460 e. The molecular formula is C20H17FO6. The van der Waals surface area contributed by atoms with E-state index < -0.39 is 17.8 Å². The lowest BCUT2D eigenvalue weighted by Crippen LogP contribution is -2.10.